The number of hydrogen-bond donors (Lipinski definition) is 0. The number of benzene rings is 20. The quantitative estimate of drug-likeness (QED) is 0.126. The van der Waals surface area contributed by atoms with E-state index in [1.807, 2.05) is 72.8 Å². The number of para-hydroxylation sites is 5. The second kappa shape index (κ2) is 32.9. The Morgan fingerprint density at radius 1 is 0.186 bits per heavy atom. The zero-order valence-corrected chi connectivity index (χ0v) is 76.3. The molecule has 0 bridgehead atoms. The van der Waals surface area contributed by atoms with E-state index in [0.29, 0.717) is 17.8 Å². The SMILES string of the molecule is CC1(C)c2ccccc2-c2cc3c(cc21)c1ccc(-c2ccccc2)cc1n3-c1nc(-c2ccccc2)c2ccccc2n1.c1ccc(-c2ccc(-c3ccc4c5c6oc7ccccc7c6ccc5n(-c5nc(-c6ccccc6)c6ccccc6n5)c4c3)cc2)cc1.c1ccc(-c2ccc(-c3nc(-n4c5cc(-c6ccccc6)ccc5c5c6oc7ccccc7c6ccc54)nc4ccccc34)cc2)cc1. The van der Waals surface area contributed by atoms with Crippen LogP contribution in [0.5, 0.6) is 0 Å². The minimum atomic E-state index is -0.0849. The van der Waals surface area contributed by atoms with E-state index in [2.05, 4.69) is 422 Å². The molecule has 8 aromatic heterocycles. The minimum Gasteiger partial charge on any atom is -0.455 e. The van der Waals surface area contributed by atoms with Gasteiger partial charge in [-0.15, -0.1) is 0 Å². The molecule has 8 heterocycles. The highest BCUT2D eigenvalue weighted by Crippen LogP contribution is 2.53. The van der Waals surface area contributed by atoms with Crippen LogP contribution in [0.3, 0.4) is 0 Å². The fraction of sp³-hybridized carbons (Fsp3) is 0.0233. The predicted molar refractivity (Wildman–Crippen MR) is 577 cm³/mol. The van der Waals surface area contributed by atoms with Crippen LogP contribution in [-0.4, -0.2) is 43.6 Å². The topological polar surface area (TPSA) is 118 Å². The molecule has 0 saturated carbocycles. The van der Waals surface area contributed by atoms with Gasteiger partial charge in [0.1, 0.15) is 22.3 Å². The summed E-state index contributed by atoms with van der Waals surface area (Å²) in [4.78, 5) is 31.6. The van der Waals surface area contributed by atoms with Crippen molar-refractivity contribution in [1.29, 1.82) is 0 Å². The largest absolute Gasteiger partial charge is 0.455 e. The highest BCUT2D eigenvalue weighted by Gasteiger charge is 2.37. The summed E-state index contributed by atoms with van der Waals surface area (Å²) in [6.07, 6.45) is 0. The van der Waals surface area contributed by atoms with Crippen LogP contribution in [0.4, 0.5) is 0 Å². The lowest BCUT2D eigenvalue weighted by atomic mass is 9.82. The zero-order valence-electron chi connectivity index (χ0n) is 76.3. The Hall–Kier alpha value is -18.6. The standard InChI is InChI=1S/2C44H27N3O.C41H29N3/c1-3-11-28(12-4-1)29-19-21-30(22-20-29)32-23-24-36-39(27-32)47(38-26-25-34-33-15-8-10-18-40(33)48-43(34)41(36)38)44-45-37-17-9-7-16-35(37)42(46-44)31-13-5-2-6-14-31;1-3-11-28(12-4-1)30-19-21-31(22-20-30)42-35-16-7-9-17-37(35)45-44(46-42)47-38-26-25-34-33-15-8-10-18-40(33)48-43(34)41(38)36-24-23-32(27-39(36)47)29-13-5-2-6-14-29;1-41(2)34-19-11-9-17-29(34)32-25-38-33(24-35(32)41)30-22-21-28(26-13-5-3-6-14-26)23-37(30)44(38)40-42-36-20-12-10-18-31(36)39(43-40)27-15-7-4-8-16-27/h2*1-27H;3-25H,1-2H3. The van der Waals surface area contributed by atoms with Gasteiger partial charge in [0.05, 0.1) is 77.5 Å². The summed E-state index contributed by atoms with van der Waals surface area (Å²) in [7, 11) is 0. The monoisotopic (exact) mass is 1790 g/mol. The van der Waals surface area contributed by atoms with Gasteiger partial charge in [0.15, 0.2) is 0 Å². The van der Waals surface area contributed by atoms with Gasteiger partial charge in [-0.25, -0.2) is 29.9 Å². The van der Waals surface area contributed by atoms with E-state index in [1.165, 1.54) is 66.4 Å². The summed E-state index contributed by atoms with van der Waals surface area (Å²) in [5.74, 6) is 1.93. The molecule has 11 nitrogen and oxygen atoms in total. The van der Waals surface area contributed by atoms with E-state index in [-0.39, 0.29) is 5.41 Å². The van der Waals surface area contributed by atoms with E-state index in [0.717, 1.165) is 187 Å². The van der Waals surface area contributed by atoms with Crippen LogP contribution in [0.1, 0.15) is 25.0 Å². The molecule has 1 aliphatic carbocycles. The molecule has 656 valence electrons. The van der Waals surface area contributed by atoms with Crippen molar-refractivity contribution in [3.8, 4) is 118 Å². The molecule has 140 heavy (non-hydrogen) atoms. The van der Waals surface area contributed by atoms with Gasteiger partial charge in [0.25, 0.3) is 0 Å². The van der Waals surface area contributed by atoms with Crippen LogP contribution in [-0.2, 0) is 5.41 Å². The zero-order chi connectivity index (χ0) is 92.6. The maximum atomic E-state index is 6.60. The number of fused-ring (bicyclic) bond motifs is 23. The molecule has 0 atom stereocenters. The second-order valence-corrected chi connectivity index (χ2v) is 36.7. The molecular formula is C129H83N9O2. The van der Waals surface area contributed by atoms with Gasteiger partial charge in [-0.2, -0.15) is 0 Å². The fourth-order valence-electron chi connectivity index (χ4n) is 21.5. The first-order valence-electron chi connectivity index (χ1n) is 47.5. The van der Waals surface area contributed by atoms with Crippen LogP contribution >= 0.6 is 0 Å². The smallest absolute Gasteiger partial charge is 0.235 e. The lowest BCUT2D eigenvalue weighted by Gasteiger charge is -2.21. The van der Waals surface area contributed by atoms with E-state index in [1.54, 1.807) is 0 Å². The highest BCUT2D eigenvalue weighted by molar-refractivity contribution is 6.26. The first-order valence-corrected chi connectivity index (χ1v) is 47.5. The third kappa shape index (κ3) is 13.5. The first-order chi connectivity index (χ1) is 69.2. The Labute approximate surface area is 804 Å². The van der Waals surface area contributed by atoms with Crippen molar-refractivity contribution in [3.63, 3.8) is 0 Å². The summed E-state index contributed by atoms with van der Waals surface area (Å²) in [5.41, 5.74) is 35.3. The third-order valence-corrected chi connectivity index (χ3v) is 28.3. The van der Waals surface area contributed by atoms with Crippen LogP contribution in [0.25, 0.3) is 260 Å². The molecule has 20 aromatic carbocycles. The normalized spacial score (nSPS) is 12.3. The summed E-state index contributed by atoms with van der Waals surface area (Å²) in [6.45, 7) is 4.68. The van der Waals surface area contributed by atoms with Gasteiger partial charge in [0.2, 0.25) is 17.8 Å². The van der Waals surface area contributed by atoms with Crippen molar-refractivity contribution >= 4 is 142 Å². The molecule has 0 spiro atoms. The van der Waals surface area contributed by atoms with Crippen molar-refractivity contribution in [3.05, 3.63) is 478 Å². The lowest BCUT2D eigenvalue weighted by molar-refractivity contribution is 0.661. The van der Waals surface area contributed by atoms with Crippen LogP contribution in [0.15, 0.2) is 476 Å². The molecule has 28 aromatic rings. The molecule has 0 amide bonds. The van der Waals surface area contributed by atoms with E-state index in [4.69, 9.17) is 38.7 Å². The average molecular weight is 1790 g/mol. The highest BCUT2D eigenvalue weighted by atomic mass is 16.3. The van der Waals surface area contributed by atoms with Crippen molar-refractivity contribution in [2.24, 2.45) is 0 Å². The van der Waals surface area contributed by atoms with Gasteiger partial charge in [-0.3, -0.25) is 13.7 Å². The predicted octanol–water partition coefficient (Wildman–Crippen LogP) is 33.6. The molecule has 0 N–H and O–H groups in total. The molecule has 1 aliphatic rings. The number of hydrogen-bond acceptors (Lipinski definition) is 8. The van der Waals surface area contributed by atoms with Crippen molar-refractivity contribution in [2.45, 2.75) is 19.3 Å². The molecule has 11 heteroatoms. The Balaban J connectivity index is 0.000000106. The molecule has 0 saturated heterocycles. The van der Waals surface area contributed by atoms with Crippen LogP contribution in [0, 0.1) is 0 Å². The molecular weight excluding hydrogens is 1710 g/mol. The first kappa shape index (κ1) is 81.0. The molecule has 0 aliphatic heterocycles. The molecule has 29 rings (SSSR count). The number of furan rings is 2. The summed E-state index contributed by atoms with van der Waals surface area (Å²) in [5, 5.41) is 14.2. The van der Waals surface area contributed by atoms with E-state index >= 15 is 0 Å². The molecule has 0 unspecified atom stereocenters. The average Bonchev–Trinajstić information content (AvgIpc) is 1.56. The second-order valence-electron chi connectivity index (χ2n) is 36.7. The Kier molecular flexibility index (Phi) is 19.0. The Bertz CT molecular complexity index is 9820. The van der Waals surface area contributed by atoms with E-state index in [9.17, 15) is 0 Å². The van der Waals surface area contributed by atoms with Crippen molar-refractivity contribution < 1.29 is 8.83 Å². The summed E-state index contributed by atoms with van der Waals surface area (Å²) >= 11 is 0. The summed E-state index contributed by atoms with van der Waals surface area (Å²) < 4.78 is 19.9. The van der Waals surface area contributed by atoms with Gasteiger partial charge in [0, 0.05) is 81.4 Å². The molecule has 0 radical (unpaired) electrons. The fourth-order valence-corrected chi connectivity index (χ4v) is 21.5. The minimum absolute atomic E-state index is 0.0849. The summed E-state index contributed by atoms with van der Waals surface area (Å²) in [6, 6.07) is 164. The lowest BCUT2D eigenvalue weighted by Crippen LogP contribution is -2.14. The maximum absolute atomic E-state index is 6.60. The number of aromatic nitrogens is 9. The molecule has 0 fully saturated rings. The Morgan fingerprint density at radius 2 is 0.471 bits per heavy atom. The number of nitrogens with zero attached hydrogens (tertiary/aromatic N) is 9. The third-order valence-electron chi connectivity index (χ3n) is 28.3. The van der Waals surface area contributed by atoms with Gasteiger partial charge >= 0.3 is 0 Å². The van der Waals surface area contributed by atoms with Gasteiger partial charge in [-0.05, 0) is 163 Å². The van der Waals surface area contributed by atoms with Crippen molar-refractivity contribution in [2.75, 3.05) is 0 Å². The van der Waals surface area contributed by atoms with Crippen LogP contribution < -0.4 is 0 Å². The van der Waals surface area contributed by atoms with Gasteiger partial charge < -0.3 is 8.83 Å². The van der Waals surface area contributed by atoms with E-state index < -0.39 is 0 Å². The van der Waals surface area contributed by atoms with Crippen LogP contribution in [0.2, 0.25) is 0 Å². The van der Waals surface area contributed by atoms with Gasteiger partial charge in [-0.1, -0.05) is 396 Å². The number of rotatable bonds is 11. The van der Waals surface area contributed by atoms with Crippen molar-refractivity contribution in [1.82, 2.24) is 43.6 Å². The Morgan fingerprint density at radius 3 is 0.886 bits per heavy atom. The maximum Gasteiger partial charge on any atom is 0.235 e.